The highest BCUT2D eigenvalue weighted by Crippen LogP contribution is 2.32. The summed E-state index contributed by atoms with van der Waals surface area (Å²) in [5.74, 6) is 0. The average molecular weight is 141 g/mol. The Balaban J connectivity index is 1.96. The molecular formula is C8H15NO. The lowest BCUT2D eigenvalue weighted by molar-refractivity contribution is -0.0399. The van der Waals surface area contributed by atoms with Crippen LogP contribution in [0.15, 0.2) is 0 Å². The molecule has 2 fully saturated rings. The highest BCUT2D eigenvalue weighted by molar-refractivity contribution is 4.99. The molecule has 2 aliphatic heterocycles. The Hall–Kier alpha value is -0.0800. The first-order chi connectivity index (χ1) is 4.81. The van der Waals surface area contributed by atoms with Gasteiger partial charge in [0.25, 0.3) is 0 Å². The zero-order chi connectivity index (χ0) is 7.03. The fourth-order valence-electron chi connectivity index (χ4n) is 2.03. The molecule has 2 unspecified atom stereocenters. The van der Waals surface area contributed by atoms with Crippen molar-refractivity contribution in [1.29, 1.82) is 0 Å². The SMILES string of the molecule is CC1CC2(CCN2)CCO1. The third-order valence-electron chi connectivity index (χ3n) is 2.76. The smallest absolute Gasteiger partial charge is 0.0564 e. The first-order valence-corrected chi connectivity index (χ1v) is 4.17. The van der Waals surface area contributed by atoms with E-state index in [1.807, 2.05) is 0 Å². The standard InChI is InChI=1S/C8H15NO/c1-7-6-8(2-4-9-8)3-5-10-7/h7,9H,2-6H2,1H3. The van der Waals surface area contributed by atoms with Gasteiger partial charge in [-0.2, -0.15) is 0 Å². The summed E-state index contributed by atoms with van der Waals surface area (Å²) in [6.45, 7) is 4.34. The van der Waals surface area contributed by atoms with Gasteiger partial charge in [0.1, 0.15) is 0 Å². The minimum atomic E-state index is 0.474. The van der Waals surface area contributed by atoms with Gasteiger partial charge in [-0.05, 0) is 32.7 Å². The monoisotopic (exact) mass is 141 g/mol. The molecule has 0 aliphatic carbocycles. The number of hydrogen-bond donors (Lipinski definition) is 1. The second kappa shape index (κ2) is 2.21. The van der Waals surface area contributed by atoms with Crippen molar-refractivity contribution >= 4 is 0 Å². The van der Waals surface area contributed by atoms with E-state index in [0.29, 0.717) is 11.6 Å². The molecule has 0 saturated carbocycles. The van der Waals surface area contributed by atoms with Crippen molar-refractivity contribution in [2.75, 3.05) is 13.2 Å². The van der Waals surface area contributed by atoms with Gasteiger partial charge in [-0.1, -0.05) is 0 Å². The quantitative estimate of drug-likeness (QED) is 0.541. The number of rotatable bonds is 0. The largest absolute Gasteiger partial charge is 0.378 e. The van der Waals surface area contributed by atoms with Gasteiger partial charge in [0, 0.05) is 12.1 Å². The predicted molar refractivity (Wildman–Crippen MR) is 40.0 cm³/mol. The lowest BCUT2D eigenvalue weighted by Gasteiger charge is -2.47. The molecule has 58 valence electrons. The van der Waals surface area contributed by atoms with Crippen LogP contribution in [0.1, 0.15) is 26.2 Å². The van der Waals surface area contributed by atoms with Crippen LogP contribution in [-0.4, -0.2) is 24.8 Å². The molecule has 0 aromatic heterocycles. The van der Waals surface area contributed by atoms with Crippen LogP contribution in [0, 0.1) is 0 Å². The maximum atomic E-state index is 5.47. The van der Waals surface area contributed by atoms with E-state index < -0.39 is 0 Å². The molecular weight excluding hydrogens is 126 g/mol. The zero-order valence-electron chi connectivity index (χ0n) is 6.52. The van der Waals surface area contributed by atoms with Crippen LogP contribution in [0.4, 0.5) is 0 Å². The Labute approximate surface area is 61.9 Å². The molecule has 10 heavy (non-hydrogen) atoms. The van der Waals surface area contributed by atoms with Gasteiger partial charge in [-0.3, -0.25) is 0 Å². The number of nitrogens with one attached hydrogen (secondary N) is 1. The maximum Gasteiger partial charge on any atom is 0.0564 e. The van der Waals surface area contributed by atoms with Gasteiger partial charge in [0.2, 0.25) is 0 Å². The third-order valence-corrected chi connectivity index (χ3v) is 2.76. The average Bonchev–Trinajstić information content (AvgIpc) is 1.85. The Kier molecular flexibility index (Phi) is 1.46. The van der Waals surface area contributed by atoms with E-state index >= 15 is 0 Å². The van der Waals surface area contributed by atoms with Crippen LogP contribution >= 0.6 is 0 Å². The van der Waals surface area contributed by atoms with Gasteiger partial charge >= 0.3 is 0 Å². The minimum Gasteiger partial charge on any atom is -0.378 e. The van der Waals surface area contributed by atoms with E-state index in [1.54, 1.807) is 0 Å². The predicted octanol–water partition coefficient (Wildman–Crippen LogP) is 0.917. The highest BCUT2D eigenvalue weighted by atomic mass is 16.5. The van der Waals surface area contributed by atoms with E-state index in [-0.39, 0.29) is 0 Å². The van der Waals surface area contributed by atoms with Gasteiger partial charge in [-0.15, -0.1) is 0 Å². The molecule has 0 radical (unpaired) electrons. The molecule has 1 spiro atoms. The topological polar surface area (TPSA) is 21.3 Å². The molecule has 2 heterocycles. The summed E-state index contributed by atoms with van der Waals surface area (Å²) in [6, 6.07) is 0. The normalized spacial score (nSPS) is 47.1. The van der Waals surface area contributed by atoms with E-state index in [4.69, 9.17) is 4.74 Å². The Morgan fingerprint density at radius 2 is 2.30 bits per heavy atom. The summed E-state index contributed by atoms with van der Waals surface area (Å²) < 4.78 is 5.47. The van der Waals surface area contributed by atoms with E-state index in [9.17, 15) is 0 Å². The van der Waals surface area contributed by atoms with Crippen molar-refractivity contribution in [3.8, 4) is 0 Å². The molecule has 0 amide bonds. The lowest BCUT2D eigenvalue weighted by Crippen LogP contribution is -2.60. The van der Waals surface area contributed by atoms with Crippen LogP contribution in [-0.2, 0) is 4.74 Å². The summed E-state index contributed by atoms with van der Waals surface area (Å²) in [5, 5.41) is 3.51. The summed E-state index contributed by atoms with van der Waals surface area (Å²) in [7, 11) is 0. The van der Waals surface area contributed by atoms with Crippen LogP contribution in [0.25, 0.3) is 0 Å². The molecule has 0 aromatic rings. The molecule has 2 rings (SSSR count). The van der Waals surface area contributed by atoms with Crippen molar-refractivity contribution in [2.24, 2.45) is 0 Å². The van der Waals surface area contributed by atoms with Crippen LogP contribution in [0.3, 0.4) is 0 Å². The number of hydrogen-bond acceptors (Lipinski definition) is 2. The second-order valence-electron chi connectivity index (χ2n) is 3.59. The Morgan fingerprint density at radius 1 is 1.50 bits per heavy atom. The third kappa shape index (κ3) is 0.956. The molecule has 0 bridgehead atoms. The first-order valence-electron chi connectivity index (χ1n) is 4.17. The van der Waals surface area contributed by atoms with E-state index in [2.05, 4.69) is 12.2 Å². The molecule has 2 saturated heterocycles. The fraction of sp³-hybridized carbons (Fsp3) is 1.00. The molecule has 2 nitrogen and oxygen atoms in total. The summed E-state index contributed by atoms with van der Waals surface area (Å²) in [6.07, 6.45) is 4.27. The van der Waals surface area contributed by atoms with Gasteiger partial charge < -0.3 is 10.1 Å². The molecule has 2 atom stereocenters. The van der Waals surface area contributed by atoms with Crippen LogP contribution < -0.4 is 5.32 Å². The summed E-state index contributed by atoms with van der Waals surface area (Å²) in [5.41, 5.74) is 0.498. The molecule has 1 N–H and O–H groups in total. The van der Waals surface area contributed by atoms with Crippen molar-refractivity contribution < 1.29 is 4.74 Å². The number of ether oxygens (including phenoxy) is 1. The lowest BCUT2D eigenvalue weighted by atomic mass is 9.79. The van der Waals surface area contributed by atoms with E-state index in [0.717, 1.165) is 6.61 Å². The Morgan fingerprint density at radius 3 is 2.70 bits per heavy atom. The van der Waals surface area contributed by atoms with E-state index in [1.165, 1.54) is 25.8 Å². The molecule has 2 heteroatoms. The maximum absolute atomic E-state index is 5.47. The van der Waals surface area contributed by atoms with Crippen molar-refractivity contribution in [2.45, 2.75) is 37.8 Å². The second-order valence-corrected chi connectivity index (χ2v) is 3.59. The molecule has 2 aliphatic rings. The van der Waals surface area contributed by atoms with Gasteiger partial charge in [0.15, 0.2) is 0 Å². The van der Waals surface area contributed by atoms with Gasteiger partial charge in [0.05, 0.1) is 6.10 Å². The van der Waals surface area contributed by atoms with Crippen molar-refractivity contribution in [3.63, 3.8) is 0 Å². The Bertz CT molecular complexity index is 131. The van der Waals surface area contributed by atoms with Gasteiger partial charge in [-0.25, -0.2) is 0 Å². The van der Waals surface area contributed by atoms with Crippen LogP contribution in [0.5, 0.6) is 0 Å². The first kappa shape index (κ1) is 6.62. The van der Waals surface area contributed by atoms with Crippen LogP contribution in [0.2, 0.25) is 0 Å². The van der Waals surface area contributed by atoms with Crippen molar-refractivity contribution in [3.05, 3.63) is 0 Å². The molecule has 0 aromatic carbocycles. The summed E-state index contributed by atoms with van der Waals surface area (Å²) >= 11 is 0. The minimum absolute atomic E-state index is 0.474. The zero-order valence-corrected chi connectivity index (χ0v) is 6.52. The summed E-state index contributed by atoms with van der Waals surface area (Å²) in [4.78, 5) is 0. The fourth-order valence-corrected chi connectivity index (χ4v) is 2.03. The highest BCUT2D eigenvalue weighted by Gasteiger charge is 2.39. The van der Waals surface area contributed by atoms with Crippen molar-refractivity contribution in [1.82, 2.24) is 5.32 Å².